The molecule has 1 saturated heterocycles. The number of benzene rings is 3. The van der Waals surface area contributed by atoms with Gasteiger partial charge in [0.25, 0.3) is 5.91 Å². The van der Waals surface area contributed by atoms with E-state index in [1.54, 1.807) is 29.2 Å². The highest BCUT2D eigenvalue weighted by atomic mass is 35.5. The van der Waals surface area contributed by atoms with Crippen molar-refractivity contribution in [1.82, 2.24) is 19.9 Å². The number of halogens is 3. The number of hydrogen-bond donors (Lipinski definition) is 1. The summed E-state index contributed by atoms with van der Waals surface area (Å²) < 4.78 is 36.4. The minimum absolute atomic E-state index is 0.0227. The molecule has 3 aromatic carbocycles. The Morgan fingerprint density at radius 2 is 1.93 bits per heavy atom. The molecular formula is C34H28ClF2N7O2. The fourth-order valence-corrected chi connectivity index (χ4v) is 6.05. The number of nitrogen functional groups attached to an aromatic ring is 1. The molecular weight excluding hydrogens is 612 g/mol. The first kappa shape index (κ1) is 30.7. The average Bonchev–Trinajstić information content (AvgIpc) is 3.04. The van der Waals surface area contributed by atoms with Gasteiger partial charge in [-0.2, -0.15) is 15.2 Å². The number of nitrogens with two attached hydrogens (primary N) is 1. The van der Waals surface area contributed by atoms with E-state index in [-0.39, 0.29) is 49.9 Å². The lowest BCUT2D eigenvalue weighted by atomic mass is 10.0. The van der Waals surface area contributed by atoms with Crippen molar-refractivity contribution in [1.29, 1.82) is 5.26 Å². The van der Waals surface area contributed by atoms with Gasteiger partial charge in [-0.15, -0.1) is 0 Å². The number of pyridine rings is 1. The van der Waals surface area contributed by atoms with Crippen molar-refractivity contribution in [2.75, 3.05) is 36.9 Å². The van der Waals surface area contributed by atoms with Crippen LogP contribution in [0.1, 0.15) is 12.0 Å². The van der Waals surface area contributed by atoms with Gasteiger partial charge >= 0.3 is 6.01 Å². The standard InChI is InChI=1S/C34H28ClF2N7O2/c1-20(36)33(45)44-15-14-43(19-24(44)11-13-38)32-26-18-40-30(25-9-3-6-22-7-4-10-27(35)28(22)25)29(37)31(26)41-34(42-32)46-16-12-21-5-2-8-23(39)17-21/h2-10,17-18,24H,1,11-12,14-16,19,39H2/t24-/m0/s1. The Kier molecular flexibility index (Phi) is 8.63. The molecule has 0 aliphatic carbocycles. The van der Waals surface area contributed by atoms with E-state index in [9.17, 15) is 14.4 Å². The zero-order valence-electron chi connectivity index (χ0n) is 24.6. The zero-order valence-corrected chi connectivity index (χ0v) is 25.3. The van der Waals surface area contributed by atoms with E-state index in [1.807, 2.05) is 36.4 Å². The van der Waals surface area contributed by atoms with E-state index in [0.29, 0.717) is 39.3 Å². The SMILES string of the molecule is C=C(F)C(=O)N1CCN(c2nc(OCCc3cccc(N)c3)nc3c(F)c(-c4cccc5cccc(Cl)c45)ncc23)C[C@@H]1CC#N. The molecule has 0 bridgehead atoms. The van der Waals surface area contributed by atoms with Crippen molar-refractivity contribution < 1.29 is 18.3 Å². The maximum atomic E-state index is 16.6. The summed E-state index contributed by atoms with van der Waals surface area (Å²) in [6.45, 7) is 3.75. The van der Waals surface area contributed by atoms with Gasteiger partial charge in [0, 0.05) is 53.9 Å². The predicted octanol–water partition coefficient (Wildman–Crippen LogP) is 6.26. The van der Waals surface area contributed by atoms with Gasteiger partial charge in [-0.3, -0.25) is 9.78 Å². The van der Waals surface area contributed by atoms with Crippen LogP contribution in [0.3, 0.4) is 0 Å². The van der Waals surface area contributed by atoms with Gasteiger partial charge in [-0.05, 0) is 29.1 Å². The van der Waals surface area contributed by atoms with Crippen LogP contribution in [0.5, 0.6) is 6.01 Å². The maximum absolute atomic E-state index is 16.6. The number of nitriles is 1. The minimum atomic E-state index is -1.10. The molecule has 46 heavy (non-hydrogen) atoms. The first-order chi connectivity index (χ1) is 22.2. The number of rotatable bonds is 8. The van der Waals surface area contributed by atoms with Gasteiger partial charge in [0.15, 0.2) is 11.6 Å². The summed E-state index contributed by atoms with van der Waals surface area (Å²) in [5.41, 5.74) is 8.01. The van der Waals surface area contributed by atoms with Gasteiger partial charge in [-0.1, -0.05) is 60.6 Å². The second-order valence-corrected chi connectivity index (χ2v) is 11.3. The zero-order chi connectivity index (χ0) is 32.4. The lowest BCUT2D eigenvalue weighted by Crippen LogP contribution is -2.55. The molecule has 0 radical (unpaired) electrons. The minimum Gasteiger partial charge on any atom is -0.463 e. The number of anilines is 2. The molecule has 0 spiro atoms. The number of ether oxygens (including phenoxy) is 1. The predicted molar refractivity (Wildman–Crippen MR) is 173 cm³/mol. The number of piperazine rings is 1. The van der Waals surface area contributed by atoms with E-state index in [0.717, 1.165) is 10.9 Å². The van der Waals surface area contributed by atoms with Crippen LogP contribution in [-0.2, 0) is 11.2 Å². The Balaban J connectivity index is 1.43. The van der Waals surface area contributed by atoms with Crippen LogP contribution in [0.4, 0.5) is 20.3 Å². The molecule has 5 aromatic rings. The summed E-state index contributed by atoms with van der Waals surface area (Å²) in [5.74, 6) is -2.35. The quantitative estimate of drug-likeness (QED) is 0.156. The highest BCUT2D eigenvalue weighted by Crippen LogP contribution is 2.37. The van der Waals surface area contributed by atoms with Crippen LogP contribution in [0.25, 0.3) is 32.9 Å². The third kappa shape index (κ3) is 5.99. The van der Waals surface area contributed by atoms with Crippen LogP contribution < -0.4 is 15.4 Å². The van der Waals surface area contributed by atoms with Gasteiger partial charge in [-0.25, -0.2) is 8.78 Å². The summed E-state index contributed by atoms with van der Waals surface area (Å²) in [7, 11) is 0. The monoisotopic (exact) mass is 639 g/mol. The highest BCUT2D eigenvalue weighted by molar-refractivity contribution is 6.36. The molecule has 6 rings (SSSR count). The molecule has 1 aliphatic rings. The van der Waals surface area contributed by atoms with Crippen LogP contribution >= 0.6 is 11.6 Å². The maximum Gasteiger partial charge on any atom is 0.319 e. The van der Waals surface area contributed by atoms with Crippen LogP contribution in [0, 0.1) is 17.1 Å². The lowest BCUT2D eigenvalue weighted by molar-refractivity contribution is -0.131. The highest BCUT2D eigenvalue weighted by Gasteiger charge is 2.33. The number of carbonyl (C=O) groups excluding carboxylic acids is 1. The smallest absolute Gasteiger partial charge is 0.319 e. The second kappa shape index (κ2) is 12.9. The number of amides is 1. The molecule has 0 saturated carbocycles. The molecule has 1 amide bonds. The summed E-state index contributed by atoms with van der Waals surface area (Å²) >= 11 is 6.55. The van der Waals surface area contributed by atoms with Crippen LogP contribution in [0.15, 0.2) is 79.3 Å². The van der Waals surface area contributed by atoms with E-state index in [4.69, 9.17) is 22.1 Å². The van der Waals surface area contributed by atoms with Gasteiger partial charge in [0.1, 0.15) is 17.0 Å². The summed E-state index contributed by atoms with van der Waals surface area (Å²) in [6, 6.07) is 19.6. The number of nitrogens with zero attached hydrogens (tertiary/aromatic N) is 6. The first-order valence-electron chi connectivity index (χ1n) is 14.5. The molecule has 1 aliphatic heterocycles. The molecule has 2 N–H and O–H groups in total. The third-order valence-electron chi connectivity index (χ3n) is 7.93. The topological polar surface area (TPSA) is 121 Å². The Hall–Kier alpha value is -5.34. The van der Waals surface area contributed by atoms with Gasteiger partial charge < -0.3 is 20.3 Å². The largest absolute Gasteiger partial charge is 0.463 e. The van der Waals surface area contributed by atoms with Crippen LogP contribution in [-0.4, -0.2) is 58.0 Å². The average molecular weight is 640 g/mol. The fourth-order valence-electron chi connectivity index (χ4n) is 5.77. The number of aromatic nitrogens is 3. The van der Waals surface area contributed by atoms with Gasteiger partial charge in [0.2, 0.25) is 0 Å². The Morgan fingerprint density at radius 1 is 1.15 bits per heavy atom. The van der Waals surface area contributed by atoms with Crippen molar-refractivity contribution >= 4 is 50.7 Å². The molecule has 9 nitrogen and oxygen atoms in total. The van der Waals surface area contributed by atoms with Crippen molar-refractivity contribution in [3.8, 4) is 23.3 Å². The van der Waals surface area contributed by atoms with Gasteiger partial charge in [0.05, 0.1) is 30.5 Å². The van der Waals surface area contributed by atoms with E-state index in [2.05, 4.69) is 27.6 Å². The van der Waals surface area contributed by atoms with E-state index in [1.165, 1.54) is 11.1 Å². The molecule has 0 unspecified atom stereocenters. The second-order valence-electron chi connectivity index (χ2n) is 10.9. The summed E-state index contributed by atoms with van der Waals surface area (Å²) in [5, 5.41) is 11.7. The third-order valence-corrected chi connectivity index (χ3v) is 8.24. The van der Waals surface area contributed by atoms with Crippen molar-refractivity contribution in [2.45, 2.75) is 18.9 Å². The Bertz CT molecular complexity index is 2030. The summed E-state index contributed by atoms with van der Waals surface area (Å²) in [4.78, 5) is 29.2. The lowest BCUT2D eigenvalue weighted by Gasteiger charge is -2.41. The number of fused-ring (bicyclic) bond motifs is 2. The molecule has 12 heteroatoms. The molecule has 1 atom stereocenters. The molecule has 3 heterocycles. The Labute approximate surface area is 268 Å². The first-order valence-corrected chi connectivity index (χ1v) is 14.9. The van der Waals surface area contributed by atoms with E-state index < -0.39 is 23.6 Å². The van der Waals surface area contributed by atoms with Crippen molar-refractivity contribution in [3.05, 3.63) is 95.7 Å². The summed E-state index contributed by atoms with van der Waals surface area (Å²) in [6.07, 6.45) is 1.94. The normalized spacial score (nSPS) is 14.8. The fraction of sp³-hybridized carbons (Fsp3) is 0.206. The molecule has 232 valence electrons. The van der Waals surface area contributed by atoms with Crippen molar-refractivity contribution in [2.24, 2.45) is 0 Å². The van der Waals surface area contributed by atoms with Crippen LogP contribution in [0.2, 0.25) is 5.02 Å². The molecule has 2 aromatic heterocycles. The molecule has 1 fully saturated rings. The van der Waals surface area contributed by atoms with Crippen molar-refractivity contribution in [3.63, 3.8) is 0 Å². The Morgan fingerprint density at radius 3 is 2.70 bits per heavy atom. The number of carbonyl (C=O) groups is 1. The van der Waals surface area contributed by atoms with E-state index >= 15 is 4.39 Å². The number of hydrogen-bond acceptors (Lipinski definition) is 8.